The van der Waals surface area contributed by atoms with E-state index in [1.807, 2.05) is 19.1 Å². The van der Waals surface area contributed by atoms with Crippen molar-refractivity contribution in [2.75, 3.05) is 7.11 Å². The van der Waals surface area contributed by atoms with E-state index in [0.717, 1.165) is 5.56 Å². The molecule has 3 aromatic rings. The summed E-state index contributed by atoms with van der Waals surface area (Å²) in [6, 6.07) is 14.3. The summed E-state index contributed by atoms with van der Waals surface area (Å²) < 4.78 is 12.7. The molecule has 1 aliphatic rings. The minimum atomic E-state index is -0.522. The van der Waals surface area contributed by atoms with E-state index in [4.69, 9.17) is 26.8 Å². The fourth-order valence-corrected chi connectivity index (χ4v) is 3.69. The van der Waals surface area contributed by atoms with Gasteiger partial charge in [0.05, 0.1) is 30.0 Å². The average Bonchev–Trinajstić information content (AvgIpc) is 3.03. The van der Waals surface area contributed by atoms with Gasteiger partial charge in [-0.2, -0.15) is 10.4 Å². The van der Waals surface area contributed by atoms with Gasteiger partial charge >= 0.3 is 0 Å². The zero-order valence-corrected chi connectivity index (χ0v) is 16.4. The van der Waals surface area contributed by atoms with Gasteiger partial charge in [-0.1, -0.05) is 23.7 Å². The first kappa shape index (κ1) is 18.7. The molecule has 146 valence electrons. The lowest BCUT2D eigenvalue weighted by Crippen LogP contribution is -2.22. The van der Waals surface area contributed by atoms with Crippen LogP contribution in [0, 0.1) is 18.3 Å². The summed E-state index contributed by atoms with van der Waals surface area (Å²) in [5.41, 5.74) is 9.18. The number of nitrogens with zero attached hydrogens (tertiary/aromatic N) is 3. The highest BCUT2D eigenvalue weighted by Gasteiger charge is 2.36. The number of hydrogen-bond acceptors (Lipinski definition) is 6. The Bertz CT molecular complexity index is 1190. The van der Waals surface area contributed by atoms with E-state index in [9.17, 15) is 10.4 Å². The van der Waals surface area contributed by atoms with Gasteiger partial charge in [0.25, 0.3) is 0 Å². The van der Waals surface area contributed by atoms with E-state index in [-0.39, 0.29) is 17.2 Å². The van der Waals surface area contributed by atoms with Gasteiger partial charge in [-0.3, -0.25) is 0 Å². The van der Waals surface area contributed by atoms with Crippen molar-refractivity contribution in [3.05, 3.63) is 75.8 Å². The lowest BCUT2D eigenvalue weighted by Gasteiger charge is -2.25. The van der Waals surface area contributed by atoms with Crippen LogP contribution in [-0.2, 0) is 0 Å². The highest BCUT2D eigenvalue weighted by atomic mass is 35.5. The standard InChI is InChI=1S/C21H17ClN4O3/c1-11-18-19(12-6-7-16(27)17(8-12)28-2)15(10-23)20(24)29-21(18)26(25-11)14-5-3-4-13(22)9-14/h3-9,19,27H,24H2,1-2H3/t19-/m0/s1. The molecule has 0 radical (unpaired) electrons. The minimum absolute atomic E-state index is 0.000204. The van der Waals surface area contributed by atoms with Crippen molar-refractivity contribution in [3.8, 4) is 29.1 Å². The molecule has 0 amide bonds. The van der Waals surface area contributed by atoms with E-state index >= 15 is 0 Å². The van der Waals surface area contributed by atoms with Crippen LogP contribution in [0.3, 0.4) is 0 Å². The zero-order valence-electron chi connectivity index (χ0n) is 15.7. The number of benzene rings is 2. The Morgan fingerprint density at radius 2 is 2.10 bits per heavy atom. The van der Waals surface area contributed by atoms with Crippen LogP contribution < -0.4 is 15.2 Å². The lowest BCUT2D eigenvalue weighted by atomic mass is 9.84. The number of nitrogens with two attached hydrogens (primary N) is 1. The fourth-order valence-electron chi connectivity index (χ4n) is 3.50. The first-order valence-corrected chi connectivity index (χ1v) is 9.12. The van der Waals surface area contributed by atoms with Crippen molar-refractivity contribution in [3.63, 3.8) is 0 Å². The molecule has 7 nitrogen and oxygen atoms in total. The number of rotatable bonds is 3. The van der Waals surface area contributed by atoms with E-state index in [1.165, 1.54) is 13.2 Å². The van der Waals surface area contributed by atoms with Crippen molar-refractivity contribution < 1.29 is 14.6 Å². The summed E-state index contributed by atoms with van der Waals surface area (Å²) >= 11 is 6.14. The average molecular weight is 409 g/mol. The predicted octanol–water partition coefficient (Wildman–Crippen LogP) is 3.77. The van der Waals surface area contributed by atoms with Crippen LogP contribution in [0.4, 0.5) is 0 Å². The molecular formula is C21H17ClN4O3. The number of allylic oxidation sites excluding steroid dienone is 1. The number of methoxy groups -OCH3 is 1. The van der Waals surface area contributed by atoms with Gasteiger partial charge in [0.2, 0.25) is 11.8 Å². The minimum Gasteiger partial charge on any atom is -0.504 e. The van der Waals surface area contributed by atoms with Gasteiger partial charge in [0.15, 0.2) is 11.5 Å². The van der Waals surface area contributed by atoms with Gasteiger partial charge < -0.3 is 20.3 Å². The number of fused-ring (bicyclic) bond motifs is 1. The SMILES string of the molecule is COc1cc([C@H]2C(C#N)=C(N)Oc3c2c(C)nn3-c2cccc(Cl)c2)ccc1O. The normalized spacial score (nSPS) is 15.4. The molecule has 4 rings (SSSR count). The highest BCUT2D eigenvalue weighted by molar-refractivity contribution is 6.30. The van der Waals surface area contributed by atoms with Gasteiger partial charge in [-0.25, -0.2) is 4.68 Å². The maximum atomic E-state index is 9.96. The van der Waals surface area contributed by atoms with E-state index in [1.54, 1.807) is 28.9 Å². The fraction of sp³-hybridized carbons (Fsp3) is 0.143. The molecule has 0 fully saturated rings. The smallest absolute Gasteiger partial charge is 0.229 e. The van der Waals surface area contributed by atoms with Crippen molar-refractivity contribution in [1.82, 2.24) is 9.78 Å². The third kappa shape index (κ3) is 3.04. The monoisotopic (exact) mass is 408 g/mol. The van der Waals surface area contributed by atoms with Gasteiger partial charge in [0.1, 0.15) is 11.6 Å². The molecule has 2 heterocycles. The second-order valence-electron chi connectivity index (χ2n) is 6.55. The van der Waals surface area contributed by atoms with Gasteiger partial charge in [-0.05, 0) is 42.8 Å². The summed E-state index contributed by atoms with van der Waals surface area (Å²) in [7, 11) is 1.46. The summed E-state index contributed by atoms with van der Waals surface area (Å²) in [6.45, 7) is 1.84. The zero-order chi connectivity index (χ0) is 20.7. The Labute approximate surface area is 172 Å². The molecule has 1 atom stereocenters. The van der Waals surface area contributed by atoms with Crippen LogP contribution in [0.15, 0.2) is 53.9 Å². The lowest BCUT2D eigenvalue weighted by molar-refractivity contribution is 0.365. The maximum absolute atomic E-state index is 9.96. The largest absolute Gasteiger partial charge is 0.504 e. The molecule has 0 saturated heterocycles. The molecule has 1 aliphatic heterocycles. The van der Waals surface area contributed by atoms with Crippen molar-refractivity contribution >= 4 is 11.6 Å². The first-order valence-electron chi connectivity index (χ1n) is 8.74. The van der Waals surface area contributed by atoms with Crippen LogP contribution in [0.5, 0.6) is 17.4 Å². The number of phenols is 1. The molecule has 2 aromatic carbocycles. The van der Waals surface area contributed by atoms with E-state index < -0.39 is 5.92 Å². The third-order valence-electron chi connectivity index (χ3n) is 4.82. The first-order chi connectivity index (χ1) is 13.9. The van der Waals surface area contributed by atoms with Crippen LogP contribution in [0.1, 0.15) is 22.7 Å². The number of aromatic nitrogens is 2. The molecule has 8 heteroatoms. The summed E-state index contributed by atoms with van der Waals surface area (Å²) in [5, 5.41) is 24.9. The number of halogens is 1. The third-order valence-corrected chi connectivity index (χ3v) is 5.06. The maximum Gasteiger partial charge on any atom is 0.229 e. The summed E-state index contributed by atoms with van der Waals surface area (Å²) in [4.78, 5) is 0. The molecule has 0 unspecified atom stereocenters. The summed E-state index contributed by atoms with van der Waals surface area (Å²) in [5.74, 6) is 0.196. The second-order valence-corrected chi connectivity index (χ2v) is 6.99. The van der Waals surface area contributed by atoms with Crippen molar-refractivity contribution in [2.24, 2.45) is 5.73 Å². The van der Waals surface area contributed by atoms with Crippen LogP contribution in [0.25, 0.3) is 5.69 Å². The highest BCUT2D eigenvalue weighted by Crippen LogP contribution is 2.46. The number of aryl methyl sites for hydroxylation is 1. The van der Waals surface area contributed by atoms with Crippen LogP contribution >= 0.6 is 11.6 Å². The quantitative estimate of drug-likeness (QED) is 0.683. The Morgan fingerprint density at radius 3 is 2.79 bits per heavy atom. The Hall–Kier alpha value is -3.63. The number of nitriles is 1. The Balaban J connectivity index is 1.96. The number of ether oxygens (including phenoxy) is 2. The van der Waals surface area contributed by atoms with Crippen LogP contribution in [0.2, 0.25) is 5.02 Å². The van der Waals surface area contributed by atoms with Crippen molar-refractivity contribution in [1.29, 1.82) is 5.26 Å². The van der Waals surface area contributed by atoms with Gasteiger partial charge in [-0.15, -0.1) is 0 Å². The molecular weight excluding hydrogens is 392 g/mol. The number of aromatic hydroxyl groups is 1. The second kappa shape index (κ2) is 7.08. The van der Waals surface area contributed by atoms with E-state index in [0.29, 0.717) is 33.6 Å². The molecule has 0 spiro atoms. The predicted molar refractivity (Wildman–Crippen MR) is 107 cm³/mol. The number of hydrogen-bond donors (Lipinski definition) is 2. The summed E-state index contributed by atoms with van der Waals surface area (Å²) in [6.07, 6.45) is 0. The number of phenolic OH excluding ortho intramolecular Hbond substituents is 1. The molecule has 0 aliphatic carbocycles. The topological polar surface area (TPSA) is 106 Å². The Kier molecular flexibility index (Phi) is 4.57. The van der Waals surface area contributed by atoms with Crippen molar-refractivity contribution in [2.45, 2.75) is 12.8 Å². The van der Waals surface area contributed by atoms with Gasteiger partial charge in [0, 0.05) is 5.02 Å². The molecule has 0 saturated carbocycles. The van der Waals surface area contributed by atoms with E-state index in [2.05, 4.69) is 11.2 Å². The molecule has 1 aromatic heterocycles. The Morgan fingerprint density at radius 1 is 1.31 bits per heavy atom. The van der Waals surface area contributed by atoms with Crippen LogP contribution in [-0.4, -0.2) is 22.0 Å². The molecule has 29 heavy (non-hydrogen) atoms. The molecule has 3 N–H and O–H groups in total. The molecule has 0 bridgehead atoms.